The fraction of sp³-hybridized carbons (Fsp3) is 0.409. The van der Waals surface area contributed by atoms with Gasteiger partial charge in [0.05, 0.1) is 5.69 Å². The minimum atomic E-state index is -5.77. The standard InChI is InChI=1S/C22H23F3N4O5S/c23-22(24,25)35(31,32)34-17-8-9-19-18(11-17)20(27-14-26-19)29-10-4-7-16(12-29)28-21(30)33-13-15-5-2-1-3-6-15/h1-3,5-6,11,14,16H,4,7-10,12-13H2,(H,28,30)/t16-/m1/s1. The molecule has 1 atom stereocenters. The molecule has 2 heterocycles. The highest BCUT2D eigenvalue weighted by Crippen LogP contribution is 2.34. The van der Waals surface area contributed by atoms with Crippen LogP contribution in [0.3, 0.4) is 0 Å². The van der Waals surface area contributed by atoms with Gasteiger partial charge in [0.2, 0.25) is 0 Å². The minimum Gasteiger partial charge on any atom is -0.445 e. The van der Waals surface area contributed by atoms with Gasteiger partial charge in [0.15, 0.2) is 0 Å². The quantitative estimate of drug-likeness (QED) is 0.462. The molecular weight excluding hydrogens is 489 g/mol. The molecule has 0 bridgehead atoms. The van der Waals surface area contributed by atoms with Gasteiger partial charge in [-0.3, -0.25) is 0 Å². The van der Waals surface area contributed by atoms with Gasteiger partial charge in [0.1, 0.15) is 24.5 Å². The van der Waals surface area contributed by atoms with E-state index in [4.69, 9.17) is 4.74 Å². The Kier molecular flexibility index (Phi) is 7.15. The van der Waals surface area contributed by atoms with E-state index in [2.05, 4.69) is 19.5 Å². The van der Waals surface area contributed by atoms with E-state index in [0.29, 0.717) is 36.6 Å². The smallest absolute Gasteiger partial charge is 0.445 e. The van der Waals surface area contributed by atoms with Crippen LogP contribution >= 0.6 is 0 Å². The molecule has 1 aliphatic carbocycles. The normalized spacial score (nSPS) is 18.3. The molecule has 188 valence electrons. The van der Waals surface area contributed by atoms with Gasteiger partial charge < -0.3 is 19.1 Å². The van der Waals surface area contributed by atoms with Gasteiger partial charge in [0.25, 0.3) is 0 Å². The fourth-order valence-electron chi connectivity index (χ4n) is 3.97. The molecule has 1 aromatic heterocycles. The Balaban J connectivity index is 1.44. The third-order valence-electron chi connectivity index (χ3n) is 5.61. The summed E-state index contributed by atoms with van der Waals surface area (Å²) in [4.78, 5) is 22.6. The van der Waals surface area contributed by atoms with E-state index >= 15 is 0 Å². The number of aromatic nitrogens is 2. The predicted molar refractivity (Wildman–Crippen MR) is 119 cm³/mol. The molecule has 2 aliphatic rings. The fourth-order valence-corrected chi connectivity index (χ4v) is 4.48. The van der Waals surface area contributed by atoms with Crippen molar-refractivity contribution in [3.05, 3.63) is 59.2 Å². The van der Waals surface area contributed by atoms with Gasteiger partial charge >= 0.3 is 21.7 Å². The van der Waals surface area contributed by atoms with E-state index in [1.165, 1.54) is 12.4 Å². The molecule has 0 spiro atoms. The van der Waals surface area contributed by atoms with E-state index in [1.54, 1.807) is 0 Å². The number of nitrogens with zero attached hydrogens (tertiary/aromatic N) is 3. The number of allylic oxidation sites excluding steroid dienone is 1. The van der Waals surface area contributed by atoms with Crippen LogP contribution in [0, 0.1) is 0 Å². The number of halogens is 3. The number of benzene rings is 1. The summed E-state index contributed by atoms with van der Waals surface area (Å²) in [5, 5.41) is 2.83. The van der Waals surface area contributed by atoms with Crippen LogP contribution in [-0.4, -0.2) is 49.1 Å². The van der Waals surface area contributed by atoms with Gasteiger partial charge in [0, 0.05) is 31.1 Å². The maximum atomic E-state index is 12.7. The van der Waals surface area contributed by atoms with Crippen LogP contribution in [0.4, 0.5) is 23.8 Å². The Labute approximate surface area is 200 Å². The lowest BCUT2D eigenvalue weighted by molar-refractivity contribution is -0.0522. The summed E-state index contributed by atoms with van der Waals surface area (Å²) in [6.07, 6.45) is 3.62. The van der Waals surface area contributed by atoms with E-state index in [1.807, 2.05) is 35.2 Å². The molecule has 1 N–H and O–H groups in total. The number of carbonyl (C=O) groups is 1. The summed E-state index contributed by atoms with van der Waals surface area (Å²) in [6.45, 7) is 1.11. The Morgan fingerprint density at radius 3 is 2.69 bits per heavy atom. The second-order valence-electron chi connectivity index (χ2n) is 8.14. The number of ether oxygens (including phenoxy) is 1. The topological polar surface area (TPSA) is 111 Å². The number of fused-ring (bicyclic) bond motifs is 1. The van der Waals surface area contributed by atoms with Crippen molar-refractivity contribution in [2.75, 3.05) is 18.0 Å². The third-order valence-corrected chi connectivity index (χ3v) is 6.62. The van der Waals surface area contributed by atoms with Crippen LogP contribution < -0.4 is 10.2 Å². The number of alkyl carbamates (subject to hydrolysis) is 1. The molecule has 1 fully saturated rings. The Morgan fingerprint density at radius 2 is 1.94 bits per heavy atom. The van der Waals surface area contributed by atoms with E-state index < -0.39 is 21.7 Å². The van der Waals surface area contributed by atoms with Crippen LogP contribution in [-0.2, 0) is 32.1 Å². The highest BCUT2D eigenvalue weighted by molar-refractivity contribution is 7.87. The van der Waals surface area contributed by atoms with Gasteiger partial charge in [-0.1, -0.05) is 30.3 Å². The van der Waals surface area contributed by atoms with Crippen LogP contribution in [0.1, 0.15) is 36.1 Å². The molecule has 4 rings (SSSR count). The first-order valence-corrected chi connectivity index (χ1v) is 12.3. The van der Waals surface area contributed by atoms with Crippen LogP contribution in [0.5, 0.6) is 0 Å². The van der Waals surface area contributed by atoms with E-state index in [9.17, 15) is 26.4 Å². The maximum Gasteiger partial charge on any atom is 0.534 e. The lowest BCUT2D eigenvalue weighted by atomic mass is 10.00. The first-order valence-electron chi connectivity index (χ1n) is 10.9. The SMILES string of the molecule is O=C(N[C@@H]1CCCN(c2ncnc3c2C=C(OS(=O)(=O)C(F)(F)F)CC3)C1)OCc1ccccc1. The average Bonchev–Trinajstić information content (AvgIpc) is 2.82. The second-order valence-corrected chi connectivity index (χ2v) is 9.68. The number of amides is 1. The van der Waals surface area contributed by atoms with Gasteiger partial charge in [-0.15, -0.1) is 0 Å². The minimum absolute atomic E-state index is 0.0454. The second kappa shape index (κ2) is 10.1. The van der Waals surface area contributed by atoms with Gasteiger partial charge in [-0.05, 0) is 30.9 Å². The van der Waals surface area contributed by atoms with Crippen molar-refractivity contribution in [2.45, 2.75) is 43.8 Å². The van der Waals surface area contributed by atoms with Crippen LogP contribution in [0.25, 0.3) is 6.08 Å². The molecule has 2 aromatic rings. The van der Waals surface area contributed by atoms with Crippen molar-refractivity contribution in [1.82, 2.24) is 15.3 Å². The number of piperidine rings is 1. The Morgan fingerprint density at radius 1 is 1.17 bits per heavy atom. The average molecular weight is 513 g/mol. The highest BCUT2D eigenvalue weighted by Gasteiger charge is 2.49. The summed E-state index contributed by atoms with van der Waals surface area (Å²) in [6, 6.07) is 9.01. The van der Waals surface area contributed by atoms with Crippen molar-refractivity contribution in [3.8, 4) is 0 Å². The Bertz CT molecular complexity index is 1210. The molecule has 0 saturated carbocycles. The summed E-state index contributed by atoms with van der Waals surface area (Å²) >= 11 is 0. The lowest BCUT2D eigenvalue weighted by Gasteiger charge is -2.35. The number of anilines is 1. The number of aryl methyl sites for hydroxylation is 1. The first kappa shape index (κ1) is 24.8. The number of hydrogen-bond donors (Lipinski definition) is 1. The van der Waals surface area contributed by atoms with Gasteiger partial charge in [-0.25, -0.2) is 14.8 Å². The number of hydrogen-bond acceptors (Lipinski definition) is 8. The summed E-state index contributed by atoms with van der Waals surface area (Å²) < 4.78 is 70.7. The molecule has 35 heavy (non-hydrogen) atoms. The number of carbonyl (C=O) groups excluding carboxylic acids is 1. The van der Waals surface area contributed by atoms with Crippen molar-refractivity contribution in [2.24, 2.45) is 0 Å². The van der Waals surface area contributed by atoms with E-state index in [0.717, 1.165) is 12.0 Å². The van der Waals surface area contributed by atoms with Crippen molar-refractivity contribution in [1.29, 1.82) is 0 Å². The monoisotopic (exact) mass is 512 g/mol. The maximum absolute atomic E-state index is 12.7. The molecule has 0 radical (unpaired) electrons. The van der Waals surface area contributed by atoms with Crippen molar-refractivity contribution in [3.63, 3.8) is 0 Å². The van der Waals surface area contributed by atoms with Gasteiger partial charge in [-0.2, -0.15) is 21.6 Å². The molecule has 13 heteroatoms. The van der Waals surface area contributed by atoms with Crippen LogP contribution in [0.15, 0.2) is 42.4 Å². The zero-order chi connectivity index (χ0) is 25.1. The third kappa shape index (κ3) is 6.02. The highest BCUT2D eigenvalue weighted by atomic mass is 32.2. The first-order chi connectivity index (χ1) is 16.6. The largest absolute Gasteiger partial charge is 0.534 e. The summed E-state index contributed by atoms with van der Waals surface area (Å²) in [5.74, 6) is 0.103. The van der Waals surface area contributed by atoms with Crippen LogP contribution in [0.2, 0.25) is 0 Å². The lowest BCUT2D eigenvalue weighted by Crippen LogP contribution is -2.48. The molecule has 1 aliphatic heterocycles. The summed E-state index contributed by atoms with van der Waals surface area (Å²) in [7, 11) is -5.77. The number of alkyl halides is 3. The zero-order valence-electron chi connectivity index (χ0n) is 18.5. The predicted octanol–water partition coefficient (Wildman–Crippen LogP) is 3.53. The Hall–Kier alpha value is -3.35. The molecule has 1 saturated heterocycles. The van der Waals surface area contributed by atoms with Crippen molar-refractivity contribution < 1.29 is 35.3 Å². The molecule has 1 aromatic carbocycles. The summed E-state index contributed by atoms with van der Waals surface area (Å²) in [5.41, 5.74) is -3.69. The molecule has 1 amide bonds. The number of nitrogens with one attached hydrogen (secondary N) is 1. The van der Waals surface area contributed by atoms with E-state index in [-0.39, 0.29) is 31.2 Å². The number of rotatable bonds is 6. The molecule has 0 unspecified atom stereocenters. The van der Waals surface area contributed by atoms with Crippen molar-refractivity contribution >= 4 is 28.1 Å². The zero-order valence-corrected chi connectivity index (χ0v) is 19.3. The molecule has 9 nitrogen and oxygen atoms in total. The molecular formula is C22H23F3N4O5S.